The Morgan fingerprint density at radius 3 is 2.38 bits per heavy atom. The zero-order chi connectivity index (χ0) is 17.5. The second-order valence-corrected chi connectivity index (χ2v) is 6.71. The van der Waals surface area contributed by atoms with E-state index in [4.69, 9.17) is 9.47 Å². The summed E-state index contributed by atoms with van der Waals surface area (Å²) in [5.41, 5.74) is 1.16. The Labute approximate surface area is 173 Å². The van der Waals surface area contributed by atoms with Crippen LogP contribution in [0.3, 0.4) is 0 Å². The van der Waals surface area contributed by atoms with Crippen LogP contribution in [0.15, 0.2) is 35.3 Å². The molecular formula is C19H31IN4O2. The van der Waals surface area contributed by atoms with Crippen molar-refractivity contribution >= 4 is 35.6 Å². The number of anilines is 1. The van der Waals surface area contributed by atoms with Crippen molar-refractivity contribution in [3.8, 4) is 0 Å². The molecule has 7 heteroatoms. The molecule has 0 bridgehead atoms. The normalized spacial score (nSPS) is 20.5. The minimum Gasteiger partial charge on any atom is -0.381 e. The summed E-state index contributed by atoms with van der Waals surface area (Å²) >= 11 is 0. The summed E-state index contributed by atoms with van der Waals surface area (Å²) in [5.74, 6) is 0.968. The summed E-state index contributed by atoms with van der Waals surface area (Å²) in [7, 11) is 3.66. The molecule has 2 saturated heterocycles. The van der Waals surface area contributed by atoms with Gasteiger partial charge in [0.05, 0.1) is 5.60 Å². The molecular weight excluding hydrogens is 443 g/mol. The number of rotatable bonds is 4. The number of aliphatic imine (C=N–C) groups is 1. The molecule has 1 N–H and O–H groups in total. The van der Waals surface area contributed by atoms with Crippen LogP contribution in [0.25, 0.3) is 0 Å². The Morgan fingerprint density at radius 1 is 1.15 bits per heavy atom. The highest BCUT2D eigenvalue weighted by Gasteiger charge is 2.33. The zero-order valence-corrected chi connectivity index (χ0v) is 18.1. The number of piperazine rings is 1. The number of nitrogens with one attached hydrogen (secondary N) is 1. The fourth-order valence-corrected chi connectivity index (χ4v) is 3.58. The van der Waals surface area contributed by atoms with Crippen molar-refractivity contribution in [1.82, 2.24) is 10.2 Å². The van der Waals surface area contributed by atoms with Crippen LogP contribution in [0, 0.1) is 0 Å². The first-order valence-electron chi connectivity index (χ1n) is 9.15. The number of halogens is 1. The van der Waals surface area contributed by atoms with E-state index >= 15 is 0 Å². The molecule has 2 fully saturated rings. The summed E-state index contributed by atoms with van der Waals surface area (Å²) < 4.78 is 11.3. The lowest BCUT2D eigenvalue weighted by Crippen LogP contribution is -2.56. The van der Waals surface area contributed by atoms with Gasteiger partial charge in [0, 0.05) is 78.6 Å². The Hall–Kier alpha value is -1.06. The van der Waals surface area contributed by atoms with Gasteiger partial charge in [0.2, 0.25) is 0 Å². The molecule has 0 amide bonds. The first-order chi connectivity index (χ1) is 12.3. The number of hydrogen-bond donors (Lipinski definition) is 1. The average Bonchev–Trinajstić information content (AvgIpc) is 2.70. The SMILES string of the molecule is CN=C(NCC1(OC)CCOCC1)N1CCN(c2ccccc2)CC1.I. The molecule has 0 aromatic heterocycles. The predicted molar refractivity (Wildman–Crippen MR) is 117 cm³/mol. The van der Waals surface area contributed by atoms with Crippen molar-refractivity contribution in [2.24, 2.45) is 4.99 Å². The molecule has 0 saturated carbocycles. The van der Waals surface area contributed by atoms with Crippen LogP contribution >= 0.6 is 24.0 Å². The van der Waals surface area contributed by atoms with Gasteiger partial charge in [-0.25, -0.2) is 0 Å². The van der Waals surface area contributed by atoms with Crippen molar-refractivity contribution in [3.05, 3.63) is 30.3 Å². The quantitative estimate of drug-likeness (QED) is 0.412. The van der Waals surface area contributed by atoms with Crippen LogP contribution < -0.4 is 10.2 Å². The van der Waals surface area contributed by atoms with Crippen LogP contribution in [0.4, 0.5) is 5.69 Å². The number of hydrogen-bond acceptors (Lipinski definition) is 4. The molecule has 2 aliphatic rings. The van der Waals surface area contributed by atoms with E-state index in [9.17, 15) is 0 Å². The van der Waals surface area contributed by atoms with E-state index in [0.717, 1.165) is 64.7 Å². The molecule has 2 heterocycles. The van der Waals surface area contributed by atoms with Crippen LogP contribution in [-0.4, -0.2) is 76.6 Å². The average molecular weight is 474 g/mol. The van der Waals surface area contributed by atoms with Crippen LogP contribution in [-0.2, 0) is 9.47 Å². The van der Waals surface area contributed by atoms with Gasteiger partial charge in [-0.1, -0.05) is 18.2 Å². The monoisotopic (exact) mass is 474 g/mol. The molecule has 26 heavy (non-hydrogen) atoms. The summed E-state index contributed by atoms with van der Waals surface area (Å²) in [5, 5.41) is 3.53. The third-order valence-corrected chi connectivity index (χ3v) is 5.32. The second kappa shape index (κ2) is 10.3. The molecule has 0 atom stereocenters. The van der Waals surface area contributed by atoms with Gasteiger partial charge in [-0.15, -0.1) is 24.0 Å². The third-order valence-electron chi connectivity index (χ3n) is 5.32. The van der Waals surface area contributed by atoms with Crippen LogP contribution in [0.1, 0.15) is 12.8 Å². The van der Waals surface area contributed by atoms with E-state index < -0.39 is 0 Å². The van der Waals surface area contributed by atoms with E-state index in [0.29, 0.717) is 0 Å². The van der Waals surface area contributed by atoms with Crippen molar-refractivity contribution < 1.29 is 9.47 Å². The van der Waals surface area contributed by atoms with Crippen molar-refractivity contribution in [2.75, 3.05) is 65.0 Å². The number of nitrogens with zero attached hydrogens (tertiary/aromatic N) is 3. The van der Waals surface area contributed by atoms with E-state index in [1.807, 2.05) is 7.05 Å². The summed E-state index contributed by atoms with van der Waals surface area (Å²) in [6, 6.07) is 10.6. The van der Waals surface area contributed by atoms with Crippen molar-refractivity contribution in [1.29, 1.82) is 0 Å². The standard InChI is InChI=1S/C19H30N4O2.HI/c1-20-18(21-16-19(24-2)8-14-25-15-9-19)23-12-10-22(11-13-23)17-6-4-3-5-7-17;/h3-7H,8-16H2,1-2H3,(H,20,21);1H. The largest absolute Gasteiger partial charge is 0.381 e. The first-order valence-corrected chi connectivity index (χ1v) is 9.15. The maximum atomic E-state index is 5.81. The molecule has 146 valence electrons. The molecule has 0 radical (unpaired) electrons. The highest BCUT2D eigenvalue weighted by molar-refractivity contribution is 14.0. The summed E-state index contributed by atoms with van der Waals surface area (Å²) in [6.45, 7) is 6.27. The van der Waals surface area contributed by atoms with Gasteiger partial charge < -0.3 is 24.6 Å². The molecule has 0 aliphatic carbocycles. The smallest absolute Gasteiger partial charge is 0.193 e. The fraction of sp³-hybridized carbons (Fsp3) is 0.632. The lowest BCUT2D eigenvalue weighted by Gasteiger charge is -2.40. The van der Waals surface area contributed by atoms with Crippen molar-refractivity contribution in [2.45, 2.75) is 18.4 Å². The van der Waals surface area contributed by atoms with Gasteiger partial charge in [0.25, 0.3) is 0 Å². The molecule has 0 unspecified atom stereocenters. The van der Waals surface area contributed by atoms with E-state index in [1.54, 1.807) is 7.11 Å². The summed E-state index contributed by atoms with van der Waals surface area (Å²) in [6.07, 6.45) is 1.85. The number of methoxy groups -OCH3 is 1. The molecule has 1 aromatic carbocycles. The molecule has 0 spiro atoms. The van der Waals surface area contributed by atoms with Gasteiger partial charge in [-0.3, -0.25) is 4.99 Å². The lowest BCUT2D eigenvalue weighted by molar-refractivity contribution is -0.0857. The Kier molecular flexibility index (Phi) is 8.43. The van der Waals surface area contributed by atoms with Gasteiger partial charge in [-0.05, 0) is 12.1 Å². The van der Waals surface area contributed by atoms with Crippen LogP contribution in [0.5, 0.6) is 0 Å². The minimum atomic E-state index is -0.139. The molecule has 6 nitrogen and oxygen atoms in total. The maximum Gasteiger partial charge on any atom is 0.193 e. The van der Waals surface area contributed by atoms with E-state index in [-0.39, 0.29) is 29.6 Å². The minimum absolute atomic E-state index is 0. The second-order valence-electron chi connectivity index (χ2n) is 6.71. The van der Waals surface area contributed by atoms with Gasteiger partial charge in [0.15, 0.2) is 5.96 Å². The third kappa shape index (κ3) is 5.23. The maximum absolute atomic E-state index is 5.81. The van der Waals surface area contributed by atoms with E-state index in [2.05, 4.69) is 50.4 Å². The van der Waals surface area contributed by atoms with Gasteiger partial charge >= 0.3 is 0 Å². The van der Waals surface area contributed by atoms with Gasteiger partial charge in [0.1, 0.15) is 0 Å². The lowest BCUT2D eigenvalue weighted by atomic mass is 9.94. The molecule has 1 aromatic rings. The topological polar surface area (TPSA) is 49.3 Å². The Bertz CT molecular complexity index is 556. The number of ether oxygens (including phenoxy) is 2. The Balaban J connectivity index is 0.00000243. The van der Waals surface area contributed by atoms with E-state index in [1.165, 1.54) is 5.69 Å². The number of para-hydroxylation sites is 1. The molecule has 3 rings (SSSR count). The fourth-order valence-electron chi connectivity index (χ4n) is 3.58. The highest BCUT2D eigenvalue weighted by Crippen LogP contribution is 2.23. The highest BCUT2D eigenvalue weighted by atomic mass is 127. The first kappa shape index (κ1) is 21.2. The predicted octanol–water partition coefficient (Wildman–Crippen LogP) is 2.20. The van der Waals surface area contributed by atoms with Crippen molar-refractivity contribution in [3.63, 3.8) is 0 Å². The number of guanidine groups is 1. The zero-order valence-electron chi connectivity index (χ0n) is 15.8. The summed E-state index contributed by atoms with van der Waals surface area (Å²) in [4.78, 5) is 9.25. The van der Waals surface area contributed by atoms with Gasteiger partial charge in [-0.2, -0.15) is 0 Å². The van der Waals surface area contributed by atoms with Crippen LogP contribution in [0.2, 0.25) is 0 Å². The Morgan fingerprint density at radius 2 is 1.81 bits per heavy atom. The molecule has 2 aliphatic heterocycles. The number of benzene rings is 1.